The second-order valence-electron chi connectivity index (χ2n) is 3.78. The Kier molecular flexibility index (Phi) is 3.95. The first-order chi connectivity index (χ1) is 8.95. The number of hydrogen-bond acceptors (Lipinski definition) is 2. The lowest BCUT2D eigenvalue weighted by Gasteiger charge is -2.10. The molecule has 100 valence electrons. The second kappa shape index (κ2) is 5.48. The molecule has 0 aliphatic heterocycles. The number of hydrogen-bond donors (Lipinski definition) is 0. The summed E-state index contributed by atoms with van der Waals surface area (Å²) in [5.41, 5.74) is -0.216. The molecule has 6 heteroatoms. The van der Waals surface area contributed by atoms with E-state index in [1.807, 2.05) is 30.3 Å². The standard InChI is InChI=1S/C13H9ClF3NO/c14-12-7-10(6-11(18-12)13(15,16)17)19-8-9-4-2-1-3-5-9/h1-7H,8H2. The van der Waals surface area contributed by atoms with E-state index >= 15 is 0 Å². The molecule has 2 nitrogen and oxygen atoms in total. The maximum Gasteiger partial charge on any atom is 0.433 e. The fourth-order valence-electron chi connectivity index (χ4n) is 1.44. The minimum atomic E-state index is -4.55. The molecule has 0 saturated carbocycles. The Hall–Kier alpha value is -1.75. The molecule has 1 aromatic carbocycles. The third-order valence-electron chi connectivity index (χ3n) is 2.31. The smallest absolute Gasteiger partial charge is 0.433 e. The van der Waals surface area contributed by atoms with Crippen LogP contribution in [0.15, 0.2) is 42.5 Å². The van der Waals surface area contributed by atoms with Gasteiger partial charge in [-0.05, 0) is 5.56 Å². The maximum atomic E-state index is 12.5. The molecule has 0 amide bonds. The Morgan fingerprint density at radius 2 is 1.79 bits per heavy atom. The highest BCUT2D eigenvalue weighted by molar-refractivity contribution is 6.29. The predicted octanol–water partition coefficient (Wildman–Crippen LogP) is 4.33. The third kappa shape index (κ3) is 3.86. The van der Waals surface area contributed by atoms with Crippen LogP contribution >= 0.6 is 11.6 Å². The summed E-state index contributed by atoms with van der Waals surface area (Å²) in [4.78, 5) is 3.22. The highest BCUT2D eigenvalue weighted by Gasteiger charge is 2.33. The molecule has 1 heterocycles. The molecule has 0 aliphatic rings. The molecule has 0 saturated heterocycles. The SMILES string of the molecule is FC(F)(F)c1cc(OCc2ccccc2)cc(Cl)n1. The van der Waals surface area contributed by atoms with Gasteiger partial charge in [-0.15, -0.1) is 0 Å². The van der Waals surface area contributed by atoms with Gasteiger partial charge in [0, 0.05) is 12.1 Å². The minimum Gasteiger partial charge on any atom is -0.489 e. The van der Waals surface area contributed by atoms with Crippen LogP contribution in [-0.2, 0) is 12.8 Å². The van der Waals surface area contributed by atoms with Crippen molar-refractivity contribution in [1.82, 2.24) is 4.98 Å². The highest BCUT2D eigenvalue weighted by atomic mass is 35.5. The van der Waals surface area contributed by atoms with Gasteiger partial charge in [-0.25, -0.2) is 4.98 Å². The molecule has 0 bridgehead atoms. The average molecular weight is 288 g/mol. The van der Waals surface area contributed by atoms with Crippen LogP contribution in [0.1, 0.15) is 11.3 Å². The number of aromatic nitrogens is 1. The first kappa shape index (κ1) is 13.7. The fraction of sp³-hybridized carbons (Fsp3) is 0.154. The van der Waals surface area contributed by atoms with Crippen LogP contribution in [0.25, 0.3) is 0 Å². The number of halogens is 4. The molecule has 0 spiro atoms. The van der Waals surface area contributed by atoms with Crippen molar-refractivity contribution in [2.45, 2.75) is 12.8 Å². The molecule has 0 aliphatic carbocycles. The Bertz CT molecular complexity index is 558. The number of rotatable bonds is 3. The van der Waals surface area contributed by atoms with E-state index in [-0.39, 0.29) is 17.5 Å². The average Bonchev–Trinajstić information content (AvgIpc) is 2.36. The fourth-order valence-corrected chi connectivity index (χ4v) is 1.64. The Balaban J connectivity index is 2.15. The van der Waals surface area contributed by atoms with Gasteiger partial charge >= 0.3 is 6.18 Å². The Labute approximate surface area is 112 Å². The van der Waals surface area contributed by atoms with Gasteiger partial charge in [0.1, 0.15) is 23.2 Å². The summed E-state index contributed by atoms with van der Waals surface area (Å²) < 4.78 is 42.9. The lowest BCUT2D eigenvalue weighted by atomic mass is 10.2. The van der Waals surface area contributed by atoms with E-state index in [1.165, 1.54) is 6.07 Å². The number of pyridine rings is 1. The minimum absolute atomic E-state index is 0.0381. The van der Waals surface area contributed by atoms with E-state index in [9.17, 15) is 13.2 Å². The lowest BCUT2D eigenvalue weighted by molar-refractivity contribution is -0.141. The van der Waals surface area contributed by atoms with E-state index in [2.05, 4.69) is 4.98 Å². The zero-order valence-corrected chi connectivity index (χ0v) is 10.4. The molecular weight excluding hydrogens is 279 g/mol. The van der Waals surface area contributed by atoms with Gasteiger partial charge in [0.15, 0.2) is 0 Å². The van der Waals surface area contributed by atoms with Crippen LogP contribution in [0.4, 0.5) is 13.2 Å². The van der Waals surface area contributed by atoms with Gasteiger partial charge in [0.05, 0.1) is 0 Å². The topological polar surface area (TPSA) is 22.1 Å². The molecule has 2 aromatic rings. The van der Waals surface area contributed by atoms with E-state index in [4.69, 9.17) is 16.3 Å². The largest absolute Gasteiger partial charge is 0.489 e. The number of alkyl halides is 3. The normalized spacial score (nSPS) is 11.4. The van der Waals surface area contributed by atoms with Crippen molar-refractivity contribution < 1.29 is 17.9 Å². The van der Waals surface area contributed by atoms with Crippen molar-refractivity contribution >= 4 is 11.6 Å². The van der Waals surface area contributed by atoms with E-state index in [0.29, 0.717) is 0 Å². The summed E-state index contributed by atoms with van der Waals surface area (Å²) in [5, 5.41) is -0.252. The molecule has 0 atom stereocenters. The monoisotopic (exact) mass is 287 g/mol. The van der Waals surface area contributed by atoms with Crippen molar-refractivity contribution in [3.8, 4) is 5.75 Å². The maximum absolute atomic E-state index is 12.5. The number of nitrogens with zero attached hydrogens (tertiary/aromatic N) is 1. The van der Waals surface area contributed by atoms with Gasteiger partial charge in [-0.3, -0.25) is 0 Å². The van der Waals surface area contributed by atoms with E-state index in [0.717, 1.165) is 11.6 Å². The lowest BCUT2D eigenvalue weighted by Crippen LogP contribution is -2.08. The van der Waals surface area contributed by atoms with Gasteiger partial charge in [0.25, 0.3) is 0 Å². The van der Waals surface area contributed by atoms with Crippen LogP contribution in [0.5, 0.6) is 5.75 Å². The van der Waals surface area contributed by atoms with Gasteiger partial charge in [0.2, 0.25) is 0 Å². The summed E-state index contributed by atoms with van der Waals surface area (Å²) in [6.07, 6.45) is -4.55. The van der Waals surface area contributed by atoms with Crippen molar-refractivity contribution in [2.24, 2.45) is 0 Å². The van der Waals surface area contributed by atoms with Crippen molar-refractivity contribution in [1.29, 1.82) is 0 Å². The van der Waals surface area contributed by atoms with E-state index in [1.54, 1.807) is 0 Å². The first-order valence-corrected chi connectivity index (χ1v) is 5.74. The van der Waals surface area contributed by atoms with Crippen LogP contribution in [0.3, 0.4) is 0 Å². The van der Waals surface area contributed by atoms with Crippen LogP contribution in [-0.4, -0.2) is 4.98 Å². The molecule has 2 rings (SSSR count). The molecule has 0 fully saturated rings. The van der Waals surface area contributed by atoms with Gasteiger partial charge < -0.3 is 4.74 Å². The molecule has 0 unspecified atom stereocenters. The molecule has 19 heavy (non-hydrogen) atoms. The zero-order chi connectivity index (χ0) is 13.9. The van der Waals surface area contributed by atoms with E-state index < -0.39 is 11.9 Å². The van der Waals surface area contributed by atoms with Gasteiger partial charge in [-0.1, -0.05) is 41.9 Å². The number of benzene rings is 1. The van der Waals surface area contributed by atoms with Crippen molar-refractivity contribution in [3.63, 3.8) is 0 Å². The van der Waals surface area contributed by atoms with Crippen molar-refractivity contribution in [3.05, 3.63) is 58.9 Å². The summed E-state index contributed by atoms with van der Waals surface area (Å²) >= 11 is 5.55. The highest BCUT2D eigenvalue weighted by Crippen LogP contribution is 2.31. The zero-order valence-electron chi connectivity index (χ0n) is 9.62. The second-order valence-corrected chi connectivity index (χ2v) is 4.17. The third-order valence-corrected chi connectivity index (χ3v) is 2.50. The summed E-state index contributed by atoms with van der Waals surface area (Å²) in [7, 11) is 0. The summed E-state index contributed by atoms with van der Waals surface area (Å²) in [5.74, 6) is 0.0381. The quantitative estimate of drug-likeness (QED) is 0.784. The van der Waals surface area contributed by atoms with Crippen LogP contribution in [0, 0.1) is 0 Å². The predicted molar refractivity (Wildman–Crippen MR) is 65.0 cm³/mol. The van der Waals surface area contributed by atoms with Crippen LogP contribution < -0.4 is 4.74 Å². The first-order valence-electron chi connectivity index (χ1n) is 5.36. The molecular formula is C13H9ClF3NO. The van der Waals surface area contributed by atoms with Crippen molar-refractivity contribution in [2.75, 3.05) is 0 Å². The molecule has 0 radical (unpaired) electrons. The Morgan fingerprint density at radius 3 is 2.42 bits per heavy atom. The summed E-state index contributed by atoms with van der Waals surface area (Å²) in [6.45, 7) is 0.165. The Morgan fingerprint density at radius 1 is 1.11 bits per heavy atom. The van der Waals surface area contributed by atoms with Crippen LogP contribution in [0.2, 0.25) is 5.15 Å². The van der Waals surface area contributed by atoms with Gasteiger partial charge in [-0.2, -0.15) is 13.2 Å². The number of ether oxygens (including phenoxy) is 1. The summed E-state index contributed by atoms with van der Waals surface area (Å²) in [6, 6.07) is 11.2. The molecule has 0 N–H and O–H groups in total. The molecule has 1 aromatic heterocycles.